The predicted octanol–water partition coefficient (Wildman–Crippen LogP) is 8.62. The zero-order chi connectivity index (χ0) is 18.0. The summed E-state index contributed by atoms with van der Waals surface area (Å²) < 4.78 is 4.30. The van der Waals surface area contributed by atoms with Gasteiger partial charge in [0.15, 0.2) is 0 Å². The number of carbonyl (C=O) groups excluding carboxylic acids is 2. The van der Waals surface area contributed by atoms with E-state index in [0.29, 0.717) is 29.0 Å². The maximum absolute atomic E-state index is 12.4. The van der Waals surface area contributed by atoms with Crippen molar-refractivity contribution >= 4 is 127 Å². The zero-order valence-electron chi connectivity index (χ0n) is 11.2. The van der Waals surface area contributed by atoms with E-state index in [1.807, 2.05) is 0 Å². The smallest absolute Gasteiger partial charge is 0.232 e. The van der Waals surface area contributed by atoms with Gasteiger partial charge < -0.3 is 0 Å². The predicted molar refractivity (Wildman–Crippen MR) is 123 cm³/mol. The molecule has 126 valence electrons. The average molecular weight is 748 g/mol. The lowest BCUT2D eigenvalue weighted by Gasteiger charge is -2.08. The van der Waals surface area contributed by atoms with Gasteiger partial charge in [0, 0.05) is 26.8 Å². The molecular weight excluding hydrogens is 744 g/mol. The Hall–Kier alpha value is 1.36. The maximum Gasteiger partial charge on any atom is 0.232 e. The lowest BCUT2D eigenvalue weighted by atomic mass is 10.2. The number of hydrogen-bond donors (Lipinski definition) is 0. The molecule has 24 heavy (non-hydrogen) atoms. The van der Waals surface area contributed by atoms with E-state index >= 15 is 0 Å². The van der Waals surface area contributed by atoms with Gasteiger partial charge in [-0.25, -0.2) is 0 Å². The van der Waals surface area contributed by atoms with Crippen molar-refractivity contribution in [3.05, 3.63) is 62.2 Å². The first-order valence-electron chi connectivity index (χ1n) is 5.93. The number of carbonyl (C=O) groups is 2. The zero-order valence-corrected chi connectivity index (χ0v) is 22.4. The van der Waals surface area contributed by atoms with Crippen LogP contribution < -0.4 is 0 Å². The van der Waals surface area contributed by atoms with Crippen LogP contribution in [0.2, 0.25) is 0 Å². The fourth-order valence-corrected chi connectivity index (χ4v) is 9.11. The average Bonchev–Trinajstić information content (AvgIpc) is 2.42. The molecule has 2 aromatic rings. The van der Waals surface area contributed by atoms with Crippen LogP contribution in [0, 0.1) is 0 Å². The van der Waals surface area contributed by atoms with Gasteiger partial charge in [0.1, 0.15) is 0 Å². The third-order valence-electron chi connectivity index (χ3n) is 2.62. The minimum atomic E-state index is -0.219. The number of halogens is 6. The Labute approximate surface area is 196 Å². The van der Waals surface area contributed by atoms with Crippen LogP contribution in [0.4, 0.5) is 0 Å². The van der Waals surface area contributed by atoms with Crippen molar-refractivity contribution in [2.45, 2.75) is 0 Å². The quantitative estimate of drug-likeness (QED) is 0.289. The summed E-state index contributed by atoms with van der Waals surface area (Å²) in [6.07, 6.45) is 0. The topological polar surface area (TPSA) is 34.1 Å². The molecule has 0 amide bonds. The third kappa shape index (κ3) is 5.43. The van der Waals surface area contributed by atoms with Crippen molar-refractivity contribution in [2.24, 2.45) is 0 Å². The summed E-state index contributed by atoms with van der Waals surface area (Å²) in [5.74, 6) is 0. The van der Waals surface area contributed by atoms with E-state index in [4.69, 9.17) is 0 Å². The van der Waals surface area contributed by atoms with Gasteiger partial charge in [0.2, 0.25) is 10.2 Å². The Morgan fingerprint density at radius 3 is 1.08 bits per heavy atom. The van der Waals surface area contributed by atoms with Crippen molar-refractivity contribution in [3.63, 3.8) is 0 Å². The van der Waals surface area contributed by atoms with Gasteiger partial charge in [0.05, 0.1) is 11.1 Å². The van der Waals surface area contributed by atoms with Crippen LogP contribution in [0.25, 0.3) is 0 Å². The maximum atomic E-state index is 12.4. The third-order valence-corrected chi connectivity index (χ3v) is 7.98. The van der Waals surface area contributed by atoms with Gasteiger partial charge in [-0.05, 0) is 110 Å². The molecule has 0 N–H and O–H groups in total. The van der Waals surface area contributed by atoms with Crippen LogP contribution >= 0.6 is 117 Å². The van der Waals surface area contributed by atoms with E-state index in [1.54, 1.807) is 24.3 Å². The van der Waals surface area contributed by atoms with E-state index in [1.165, 1.54) is 0 Å². The van der Waals surface area contributed by atoms with Gasteiger partial charge in [-0.3, -0.25) is 9.59 Å². The SMILES string of the molecule is O=C(SSC(=O)c1c(Br)cc(Br)cc1Br)c1c(Br)cc(Br)cc1Br. The summed E-state index contributed by atoms with van der Waals surface area (Å²) in [6.45, 7) is 0. The largest absolute Gasteiger partial charge is 0.281 e. The normalized spacial score (nSPS) is 10.8. The second kappa shape index (κ2) is 9.52. The molecule has 0 radical (unpaired) electrons. The molecule has 0 aliphatic heterocycles. The minimum Gasteiger partial charge on any atom is -0.281 e. The van der Waals surface area contributed by atoms with Gasteiger partial charge in [-0.2, -0.15) is 0 Å². The van der Waals surface area contributed by atoms with E-state index < -0.39 is 0 Å². The minimum absolute atomic E-state index is 0.219. The van der Waals surface area contributed by atoms with E-state index in [-0.39, 0.29) is 10.2 Å². The molecular formula is C14H4Br6O2S2. The summed E-state index contributed by atoms with van der Waals surface area (Å²) in [7, 11) is 1.78. The van der Waals surface area contributed by atoms with Crippen molar-refractivity contribution in [3.8, 4) is 0 Å². The Morgan fingerprint density at radius 1 is 0.583 bits per heavy atom. The van der Waals surface area contributed by atoms with Crippen LogP contribution in [0.3, 0.4) is 0 Å². The highest BCUT2D eigenvalue weighted by Crippen LogP contribution is 2.39. The fraction of sp³-hybridized carbons (Fsp3) is 0. The Kier molecular flexibility index (Phi) is 8.59. The summed E-state index contributed by atoms with van der Waals surface area (Å²) in [5, 5.41) is -0.437. The van der Waals surface area contributed by atoms with Crippen molar-refractivity contribution in [1.29, 1.82) is 0 Å². The van der Waals surface area contributed by atoms with Gasteiger partial charge in [0.25, 0.3) is 0 Å². The Morgan fingerprint density at radius 2 is 0.833 bits per heavy atom. The molecule has 2 aromatic carbocycles. The van der Waals surface area contributed by atoms with Crippen LogP contribution in [0.5, 0.6) is 0 Å². The van der Waals surface area contributed by atoms with Crippen LogP contribution in [0.15, 0.2) is 51.1 Å². The molecule has 0 spiro atoms. The van der Waals surface area contributed by atoms with Crippen LogP contribution in [0.1, 0.15) is 20.7 Å². The fourth-order valence-electron chi connectivity index (χ4n) is 1.63. The number of benzene rings is 2. The summed E-state index contributed by atoms with van der Waals surface area (Å²) in [4.78, 5) is 24.9. The van der Waals surface area contributed by atoms with E-state index in [9.17, 15) is 9.59 Å². The first-order valence-corrected chi connectivity index (χ1v) is 12.8. The lowest BCUT2D eigenvalue weighted by Crippen LogP contribution is -1.99. The van der Waals surface area contributed by atoms with Crippen molar-refractivity contribution in [1.82, 2.24) is 0 Å². The number of rotatable bonds is 2. The second-order valence-electron chi connectivity index (χ2n) is 4.23. The van der Waals surface area contributed by atoms with Crippen LogP contribution in [-0.2, 0) is 0 Å². The molecule has 2 rings (SSSR count). The summed E-state index contributed by atoms with van der Waals surface area (Å²) >= 11 is 20.2. The number of hydrogen-bond acceptors (Lipinski definition) is 4. The molecule has 0 aliphatic carbocycles. The molecule has 0 saturated carbocycles. The Balaban J connectivity index is 2.17. The molecule has 0 bridgehead atoms. The van der Waals surface area contributed by atoms with Gasteiger partial charge in [-0.1, -0.05) is 31.9 Å². The lowest BCUT2D eigenvalue weighted by molar-refractivity contribution is 0.107. The highest BCUT2D eigenvalue weighted by Gasteiger charge is 2.21. The highest BCUT2D eigenvalue weighted by molar-refractivity contribution is 9.12. The molecule has 0 saturated heterocycles. The highest BCUT2D eigenvalue weighted by atomic mass is 79.9. The molecule has 0 aromatic heterocycles. The van der Waals surface area contributed by atoms with Crippen LogP contribution in [-0.4, -0.2) is 10.2 Å². The first-order chi connectivity index (χ1) is 11.2. The Bertz CT molecular complexity index is 724. The molecule has 0 aliphatic rings. The summed E-state index contributed by atoms with van der Waals surface area (Å²) in [5.41, 5.74) is 0.967. The van der Waals surface area contributed by atoms with E-state index in [0.717, 1.165) is 30.5 Å². The van der Waals surface area contributed by atoms with Crippen molar-refractivity contribution < 1.29 is 9.59 Å². The molecule has 0 unspecified atom stereocenters. The summed E-state index contributed by atoms with van der Waals surface area (Å²) in [6, 6.07) is 7.14. The molecule has 10 heteroatoms. The van der Waals surface area contributed by atoms with Gasteiger partial charge in [-0.15, -0.1) is 0 Å². The molecule has 0 fully saturated rings. The standard InChI is InChI=1S/C14H4Br6O2S2/c15-5-1-7(17)11(8(18)2-5)13(21)23-24-14(22)12-9(19)3-6(16)4-10(12)20/h1-4H. The molecule has 0 atom stereocenters. The molecule has 2 nitrogen and oxygen atoms in total. The van der Waals surface area contributed by atoms with Gasteiger partial charge >= 0.3 is 0 Å². The van der Waals surface area contributed by atoms with E-state index in [2.05, 4.69) is 95.6 Å². The molecule has 0 heterocycles. The first kappa shape index (κ1) is 21.7. The second-order valence-corrected chi connectivity index (χ2v) is 11.6. The van der Waals surface area contributed by atoms with Crippen molar-refractivity contribution in [2.75, 3.05) is 0 Å². The monoisotopic (exact) mass is 741 g/mol.